The summed E-state index contributed by atoms with van der Waals surface area (Å²) < 4.78 is 38.6. The molecule has 0 radical (unpaired) electrons. The Labute approximate surface area is 192 Å². The molecule has 1 N–H and O–H groups in total. The highest BCUT2D eigenvalue weighted by Gasteiger charge is 2.30. The number of hydrogen-bond donors (Lipinski definition) is 1. The molecule has 1 aliphatic heterocycles. The van der Waals surface area contributed by atoms with Crippen LogP contribution in [0.1, 0.15) is 21.7 Å². The van der Waals surface area contributed by atoms with Crippen LogP contribution in [0.3, 0.4) is 0 Å². The van der Waals surface area contributed by atoms with Gasteiger partial charge in [-0.3, -0.25) is 9.69 Å². The second-order valence-corrected chi connectivity index (χ2v) is 9.04. The summed E-state index contributed by atoms with van der Waals surface area (Å²) >= 11 is 1.70. The second-order valence-electron chi connectivity index (χ2n) is 8.04. The Morgan fingerprint density at radius 1 is 1.00 bits per heavy atom. The molecule has 168 valence electrons. The number of benzene rings is 2. The van der Waals surface area contributed by atoms with E-state index < -0.39 is 11.7 Å². The summed E-state index contributed by atoms with van der Waals surface area (Å²) in [7, 11) is 0. The number of fused-ring (bicyclic) bond motifs is 1. The van der Waals surface area contributed by atoms with Gasteiger partial charge in [0.2, 0.25) is 0 Å². The van der Waals surface area contributed by atoms with E-state index in [1.165, 1.54) is 28.1 Å². The van der Waals surface area contributed by atoms with Crippen LogP contribution in [0.4, 0.5) is 13.2 Å². The first kappa shape index (κ1) is 21.6. The minimum Gasteiger partial charge on any atom is -0.306 e. The zero-order valence-electron chi connectivity index (χ0n) is 17.5. The Morgan fingerprint density at radius 2 is 1.76 bits per heavy atom. The first-order valence-corrected chi connectivity index (χ1v) is 11.4. The number of aromatic nitrogens is 2. The maximum Gasteiger partial charge on any atom is 0.416 e. The molecule has 5 rings (SSSR count). The molecule has 1 aliphatic rings. The minimum absolute atomic E-state index is 0.225. The monoisotopic (exact) mass is 467 g/mol. The van der Waals surface area contributed by atoms with E-state index in [4.69, 9.17) is 0 Å². The van der Waals surface area contributed by atoms with Gasteiger partial charge in [0, 0.05) is 35.6 Å². The van der Waals surface area contributed by atoms with Crippen molar-refractivity contribution in [3.05, 3.63) is 98.1 Å². The zero-order valence-corrected chi connectivity index (χ0v) is 18.3. The molecule has 3 heterocycles. The number of aromatic amines is 1. The Bertz CT molecular complexity index is 1330. The summed E-state index contributed by atoms with van der Waals surface area (Å²) in [6.45, 7) is 2.02. The predicted octanol–water partition coefficient (Wildman–Crippen LogP) is 5.74. The van der Waals surface area contributed by atoms with Crippen LogP contribution in [0.5, 0.6) is 0 Å². The highest BCUT2D eigenvalue weighted by Crippen LogP contribution is 2.31. The van der Waals surface area contributed by atoms with E-state index in [0.717, 1.165) is 25.2 Å². The van der Waals surface area contributed by atoms with Crippen LogP contribution in [0, 0.1) is 0 Å². The number of nitrogens with one attached hydrogen (secondary N) is 1. The third-order valence-electron chi connectivity index (χ3n) is 5.78. The Balaban J connectivity index is 1.35. The van der Waals surface area contributed by atoms with Gasteiger partial charge in [0.15, 0.2) is 0 Å². The van der Waals surface area contributed by atoms with Crippen LogP contribution in [0.15, 0.2) is 70.8 Å². The summed E-state index contributed by atoms with van der Waals surface area (Å²) in [4.78, 5) is 23.4. The third kappa shape index (κ3) is 4.62. The van der Waals surface area contributed by atoms with E-state index in [2.05, 4.69) is 38.4 Å². The van der Waals surface area contributed by atoms with Gasteiger partial charge in [-0.1, -0.05) is 42.5 Å². The van der Waals surface area contributed by atoms with E-state index in [1.807, 2.05) is 18.2 Å². The number of H-pyrrole nitrogens is 1. The van der Waals surface area contributed by atoms with Crippen molar-refractivity contribution in [2.75, 3.05) is 6.54 Å². The van der Waals surface area contributed by atoms with Crippen molar-refractivity contribution in [2.45, 2.75) is 25.7 Å². The lowest BCUT2D eigenvalue weighted by Gasteiger charge is -2.27. The fourth-order valence-electron chi connectivity index (χ4n) is 4.05. The molecule has 0 atom stereocenters. The molecule has 2 aromatic carbocycles. The smallest absolute Gasteiger partial charge is 0.306 e. The van der Waals surface area contributed by atoms with Gasteiger partial charge in [0.05, 0.1) is 11.3 Å². The van der Waals surface area contributed by atoms with Crippen molar-refractivity contribution in [2.24, 2.45) is 0 Å². The number of halogens is 3. The van der Waals surface area contributed by atoms with Gasteiger partial charge in [-0.15, -0.1) is 11.3 Å². The molecular formula is C25H20F3N3OS. The van der Waals surface area contributed by atoms with Crippen LogP contribution in [-0.4, -0.2) is 21.4 Å². The highest BCUT2D eigenvalue weighted by molar-refractivity contribution is 7.10. The molecule has 0 unspecified atom stereocenters. The zero-order chi connectivity index (χ0) is 23.0. The average Bonchev–Trinajstić information content (AvgIpc) is 3.27. The van der Waals surface area contributed by atoms with E-state index in [0.29, 0.717) is 29.8 Å². The van der Waals surface area contributed by atoms with Gasteiger partial charge in [-0.25, -0.2) is 4.98 Å². The lowest BCUT2D eigenvalue weighted by Crippen LogP contribution is -2.34. The molecule has 4 aromatic rings. The lowest BCUT2D eigenvalue weighted by atomic mass is 10.1. The van der Waals surface area contributed by atoms with Crippen molar-refractivity contribution in [1.29, 1.82) is 0 Å². The molecule has 0 saturated carbocycles. The standard InChI is InChI=1S/C25H20F3N3OS/c26-25(27,28)19-8-6-17(7-9-19)23-29-22-14-31(11-10-21(22)24(32)30-23)13-20-12-18(15-33-20)16-4-2-1-3-5-16/h1-9,12,15H,10-11,13-14H2,(H,29,30,32). The quantitative estimate of drug-likeness (QED) is 0.416. The largest absolute Gasteiger partial charge is 0.416 e. The topological polar surface area (TPSA) is 49.0 Å². The van der Waals surface area contributed by atoms with Crippen LogP contribution >= 0.6 is 11.3 Å². The first-order valence-electron chi connectivity index (χ1n) is 10.5. The SMILES string of the molecule is O=c1[nH]c(-c2ccc(C(F)(F)F)cc2)nc2c1CCN(Cc1cc(-c3ccccc3)cs1)C2. The molecule has 33 heavy (non-hydrogen) atoms. The summed E-state index contributed by atoms with van der Waals surface area (Å²) in [5, 5.41) is 2.15. The Hall–Kier alpha value is -3.23. The van der Waals surface area contributed by atoms with Gasteiger partial charge < -0.3 is 4.98 Å². The van der Waals surface area contributed by atoms with Gasteiger partial charge in [0.25, 0.3) is 5.56 Å². The summed E-state index contributed by atoms with van der Waals surface area (Å²) in [5.41, 5.74) is 3.19. The molecule has 0 amide bonds. The maximum absolute atomic E-state index is 12.9. The molecule has 0 aliphatic carbocycles. The van der Waals surface area contributed by atoms with Gasteiger partial charge in [-0.2, -0.15) is 13.2 Å². The Morgan fingerprint density at radius 3 is 2.48 bits per heavy atom. The number of nitrogens with zero attached hydrogens (tertiary/aromatic N) is 2. The molecule has 0 fully saturated rings. The summed E-state index contributed by atoms with van der Waals surface area (Å²) in [6, 6.07) is 17.1. The first-order chi connectivity index (χ1) is 15.9. The van der Waals surface area contributed by atoms with Crippen molar-refractivity contribution in [3.63, 3.8) is 0 Å². The fourth-order valence-corrected chi connectivity index (χ4v) is 4.98. The molecule has 0 saturated heterocycles. The van der Waals surface area contributed by atoms with Crippen molar-refractivity contribution in [1.82, 2.24) is 14.9 Å². The number of rotatable bonds is 4. The highest BCUT2D eigenvalue weighted by atomic mass is 32.1. The Kier molecular flexibility index (Phi) is 5.64. The number of hydrogen-bond acceptors (Lipinski definition) is 4. The normalized spacial score (nSPS) is 14.3. The third-order valence-corrected chi connectivity index (χ3v) is 6.70. The number of alkyl halides is 3. The maximum atomic E-state index is 12.9. The van der Waals surface area contributed by atoms with Gasteiger partial charge in [0.1, 0.15) is 5.82 Å². The van der Waals surface area contributed by atoms with Crippen LogP contribution in [0.25, 0.3) is 22.5 Å². The molecule has 0 spiro atoms. The summed E-state index contributed by atoms with van der Waals surface area (Å²) in [5.74, 6) is 0.289. The lowest BCUT2D eigenvalue weighted by molar-refractivity contribution is -0.137. The molecule has 8 heteroatoms. The van der Waals surface area contributed by atoms with Crippen molar-refractivity contribution < 1.29 is 13.2 Å². The summed E-state index contributed by atoms with van der Waals surface area (Å²) in [6.07, 6.45) is -3.82. The second kappa shape index (κ2) is 8.61. The fraction of sp³-hybridized carbons (Fsp3) is 0.200. The predicted molar refractivity (Wildman–Crippen MR) is 123 cm³/mol. The van der Waals surface area contributed by atoms with Crippen LogP contribution in [-0.2, 0) is 25.7 Å². The average molecular weight is 468 g/mol. The van der Waals surface area contributed by atoms with E-state index in [-0.39, 0.29) is 11.4 Å². The van der Waals surface area contributed by atoms with E-state index in [1.54, 1.807) is 11.3 Å². The van der Waals surface area contributed by atoms with E-state index in [9.17, 15) is 18.0 Å². The van der Waals surface area contributed by atoms with Crippen molar-refractivity contribution >= 4 is 11.3 Å². The van der Waals surface area contributed by atoms with Crippen molar-refractivity contribution in [3.8, 4) is 22.5 Å². The van der Waals surface area contributed by atoms with Crippen LogP contribution in [0.2, 0.25) is 0 Å². The molecular weight excluding hydrogens is 447 g/mol. The van der Waals surface area contributed by atoms with Gasteiger partial charge in [-0.05, 0) is 41.1 Å². The number of thiophene rings is 1. The van der Waals surface area contributed by atoms with E-state index >= 15 is 0 Å². The van der Waals surface area contributed by atoms with Crippen LogP contribution < -0.4 is 5.56 Å². The minimum atomic E-state index is -4.40. The molecule has 4 nitrogen and oxygen atoms in total. The van der Waals surface area contributed by atoms with Gasteiger partial charge >= 0.3 is 6.18 Å². The molecule has 2 aromatic heterocycles. The molecule has 0 bridgehead atoms.